The fraction of sp³-hybridized carbons (Fsp3) is 0.455. The Labute approximate surface area is 106 Å². The molecule has 1 saturated carbocycles. The molecule has 7 heteroatoms. The van der Waals surface area contributed by atoms with E-state index in [4.69, 9.17) is 0 Å². The van der Waals surface area contributed by atoms with Crippen LogP contribution in [0.4, 0.5) is 5.69 Å². The Morgan fingerprint density at radius 3 is 2.67 bits per heavy atom. The number of hydrogen-bond acceptors (Lipinski definition) is 5. The molecular formula is C11H15N3O3S. The summed E-state index contributed by atoms with van der Waals surface area (Å²) in [6.07, 6.45) is 4.67. The summed E-state index contributed by atoms with van der Waals surface area (Å²) in [6.45, 7) is 0.262. The van der Waals surface area contributed by atoms with E-state index < -0.39 is 9.84 Å². The molecule has 1 fully saturated rings. The lowest BCUT2D eigenvalue weighted by Crippen LogP contribution is -2.29. The van der Waals surface area contributed by atoms with Gasteiger partial charge in [-0.15, -0.1) is 0 Å². The lowest BCUT2D eigenvalue weighted by Gasteiger charge is -2.06. The predicted molar refractivity (Wildman–Crippen MR) is 67.0 cm³/mol. The van der Waals surface area contributed by atoms with Crippen LogP contribution in [0.25, 0.3) is 0 Å². The highest BCUT2D eigenvalue weighted by atomic mass is 32.2. The van der Waals surface area contributed by atoms with Gasteiger partial charge in [0, 0.05) is 12.3 Å². The van der Waals surface area contributed by atoms with E-state index in [-0.39, 0.29) is 17.5 Å². The van der Waals surface area contributed by atoms with Gasteiger partial charge >= 0.3 is 0 Å². The summed E-state index contributed by atoms with van der Waals surface area (Å²) < 4.78 is 22.4. The van der Waals surface area contributed by atoms with Gasteiger partial charge in [-0.1, -0.05) is 0 Å². The summed E-state index contributed by atoms with van der Waals surface area (Å²) >= 11 is 0. The quantitative estimate of drug-likeness (QED) is 0.796. The highest BCUT2D eigenvalue weighted by Gasteiger charge is 2.21. The van der Waals surface area contributed by atoms with Gasteiger partial charge in [0.25, 0.3) is 0 Å². The lowest BCUT2D eigenvalue weighted by molar-refractivity contribution is -0.115. The molecular weight excluding hydrogens is 254 g/mol. The Morgan fingerprint density at radius 2 is 2.17 bits per heavy atom. The minimum Gasteiger partial charge on any atom is -0.324 e. The third-order valence-corrected chi connectivity index (χ3v) is 3.53. The van der Waals surface area contributed by atoms with Crippen LogP contribution >= 0.6 is 0 Å². The van der Waals surface area contributed by atoms with Crippen LogP contribution in [-0.4, -0.2) is 38.2 Å². The second kappa shape index (κ2) is 5.03. The average Bonchev–Trinajstić information content (AvgIpc) is 3.09. The molecule has 0 unspecified atom stereocenters. The molecule has 0 radical (unpaired) electrons. The molecule has 0 aliphatic heterocycles. The Bertz CT molecular complexity index is 535. The number of carbonyl (C=O) groups is 1. The van der Waals surface area contributed by atoms with E-state index in [1.165, 1.54) is 18.3 Å². The van der Waals surface area contributed by atoms with Crippen molar-refractivity contribution in [2.24, 2.45) is 0 Å². The summed E-state index contributed by atoms with van der Waals surface area (Å²) in [5, 5.41) is 5.73. The van der Waals surface area contributed by atoms with Crippen LogP contribution in [0.1, 0.15) is 12.8 Å². The van der Waals surface area contributed by atoms with Crippen molar-refractivity contribution >= 4 is 21.4 Å². The zero-order chi connectivity index (χ0) is 13.2. The van der Waals surface area contributed by atoms with E-state index in [0.29, 0.717) is 11.7 Å². The van der Waals surface area contributed by atoms with Gasteiger partial charge in [0.2, 0.25) is 5.91 Å². The van der Waals surface area contributed by atoms with Crippen LogP contribution in [0.15, 0.2) is 23.4 Å². The van der Waals surface area contributed by atoms with Crippen molar-refractivity contribution in [3.63, 3.8) is 0 Å². The number of amides is 1. The molecule has 1 aliphatic rings. The molecule has 0 aromatic carbocycles. The molecule has 2 rings (SSSR count). The minimum absolute atomic E-state index is 0.00314. The monoisotopic (exact) mass is 269 g/mol. The summed E-state index contributed by atoms with van der Waals surface area (Å²) in [5.74, 6) is -0.157. The number of sulfone groups is 1. The van der Waals surface area contributed by atoms with E-state index in [2.05, 4.69) is 15.6 Å². The van der Waals surface area contributed by atoms with Crippen LogP contribution in [0.5, 0.6) is 0 Å². The molecule has 2 N–H and O–H groups in total. The van der Waals surface area contributed by atoms with Gasteiger partial charge in [0.15, 0.2) is 14.9 Å². The molecule has 1 aliphatic carbocycles. The lowest BCUT2D eigenvalue weighted by atomic mass is 10.4. The average molecular weight is 269 g/mol. The maximum atomic E-state index is 11.5. The van der Waals surface area contributed by atoms with Gasteiger partial charge in [0.1, 0.15) is 0 Å². The first kappa shape index (κ1) is 13.0. The first-order chi connectivity index (χ1) is 8.45. The number of carbonyl (C=O) groups excluding carboxylic acids is 1. The van der Waals surface area contributed by atoms with Gasteiger partial charge in [-0.25, -0.2) is 13.4 Å². The standard InChI is InChI=1S/C11H15N3O3S/c1-18(16,17)11-5-4-9(6-13-11)14-10(15)7-12-8-2-3-8/h4-6,8,12H,2-3,7H2,1H3,(H,14,15). The third kappa shape index (κ3) is 3.78. The van der Waals surface area contributed by atoms with E-state index in [1.807, 2.05) is 0 Å². The number of pyridine rings is 1. The number of nitrogens with one attached hydrogen (secondary N) is 2. The van der Waals surface area contributed by atoms with Crippen molar-refractivity contribution in [2.75, 3.05) is 18.1 Å². The fourth-order valence-corrected chi connectivity index (χ4v) is 1.96. The van der Waals surface area contributed by atoms with Crippen molar-refractivity contribution < 1.29 is 13.2 Å². The molecule has 0 saturated heterocycles. The first-order valence-electron chi connectivity index (χ1n) is 5.64. The molecule has 1 aromatic heterocycles. The summed E-state index contributed by atoms with van der Waals surface area (Å²) in [7, 11) is -3.30. The maximum absolute atomic E-state index is 11.5. The van der Waals surface area contributed by atoms with Crippen molar-refractivity contribution in [1.82, 2.24) is 10.3 Å². The largest absolute Gasteiger partial charge is 0.324 e. The number of rotatable bonds is 5. The molecule has 1 amide bonds. The van der Waals surface area contributed by atoms with E-state index in [1.54, 1.807) is 0 Å². The van der Waals surface area contributed by atoms with Crippen molar-refractivity contribution in [3.05, 3.63) is 18.3 Å². The first-order valence-corrected chi connectivity index (χ1v) is 7.53. The highest BCUT2D eigenvalue weighted by Crippen LogP contribution is 2.18. The van der Waals surface area contributed by atoms with Crippen LogP contribution in [-0.2, 0) is 14.6 Å². The zero-order valence-corrected chi connectivity index (χ0v) is 10.8. The van der Waals surface area contributed by atoms with Crippen LogP contribution in [0.3, 0.4) is 0 Å². The number of hydrogen-bond donors (Lipinski definition) is 2. The van der Waals surface area contributed by atoms with Gasteiger partial charge in [-0.3, -0.25) is 4.79 Å². The predicted octanol–water partition coefficient (Wildman–Crippen LogP) is 0.176. The van der Waals surface area contributed by atoms with Gasteiger partial charge in [-0.05, 0) is 25.0 Å². The van der Waals surface area contributed by atoms with E-state index in [9.17, 15) is 13.2 Å². The van der Waals surface area contributed by atoms with Gasteiger partial charge in [-0.2, -0.15) is 0 Å². The molecule has 0 atom stereocenters. The third-order valence-electron chi connectivity index (χ3n) is 2.53. The SMILES string of the molecule is CS(=O)(=O)c1ccc(NC(=O)CNC2CC2)cn1. The second-order valence-corrected chi connectivity index (χ2v) is 6.32. The molecule has 18 heavy (non-hydrogen) atoms. The number of nitrogens with zero attached hydrogens (tertiary/aromatic N) is 1. The van der Waals surface area contributed by atoms with Crippen LogP contribution in [0.2, 0.25) is 0 Å². The normalized spacial score (nSPS) is 15.4. The molecule has 1 aromatic rings. The fourth-order valence-electron chi connectivity index (χ4n) is 1.40. The Hall–Kier alpha value is -1.47. The Morgan fingerprint density at radius 1 is 1.44 bits per heavy atom. The molecule has 0 spiro atoms. The molecule has 1 heterocycles. The second-order valence-electron chi connectivity index (χ2n) is 4.36. The van der Waals surface area contributed by atoms with Crippen LogP contribution in [0, 0.1) is 0 Å². The number of aromatic nitrogens is 1. The summed E-state index contributed by atoms with van der Waals surface area (Å²) in [4.78, 5) is 15.3. The molecule has 0 bridgehead atoms. The van der Waals surface area contributed by atoms with Gasteiger partial charge in [0.05, 0.1) is 18.4 Å². The van der Waals surface area contributed by atoms with Gasteiger partial charge < -0.3 is 10.6 Å². The van der Waals surface area contributed by atoms with Crippen molar-refractivity contribution in [3.8, 4) is 0 Å². The molecule has 6 nitrogen and oxygen atoms in total. The number of anilines is 1. The van der Waals surface area contributed by atoms with E-state index in [0.717, 1.165) is 19.1 Å². The Kier molecular flexibility index (Phi) is 3.63. The summed E-state index contributed by atoms with van der Waals surface area (Å²) in [6, 6.07) is 3.37. The topological polar surface area (TPSA) is 88.2 Å². The summed E-state index contributed by atoms with van der Waals surface area (Å²) in [5.41, 5.74) is 0.491. The minimum atomic E-state index is -3.30. The highest BCUT2D eigenvalue weighted by molar-refractivity contribution is 7.90. The van der Waals surface area contributed by atoms with Crippen LogP contribution < -0.4 is 10.6 Å². The Balaban J connectivity index is 1.90. The zero-order valence-electron chi connectivity index (χ0n) is 10.0. The van der Waals surface area contributed by atoms with E-state index >= 15 is 0 Å². The van der Waals surface area contributed by atoms with Crippen molar-refractivity contribution in [2.45, 2.75) is 23.9 Å². The maximum Gasteiger partial charge on any atom is 0.238 e. The smallest absolute Gasteiger partial charge is 0.238 e. The van der Waals surface area contributed by atoms with Crippen molar-refractivity contribution in [1.29, 1.82) is 0 Å². The molecule has 98 valence electrons.